The summed E-state index contributed by atoms with van der Waals surface area (Å²) in [6.45, 7) is 14.6. The van der Waals surface area contributed by atoms with Crippen LogP contribution in [0.5, 0.6) is 11.5 Å². The molecular formula is C32H48N12O2. The number of rotatable bonds is 12. The van der Waals surface area contributed by atoms with Crippen molar-refractivity contribution in [2.24, 2.45) is 20.5 Å². The van der Waals surface area contributed by atoms with Crippen LogP contribution in [0.15, 0.2) is 69.5 Å². The Kier molecular flexibility index (Phi) is 12.7. The van der Waals surface area contributed by atoms with Crippen molar-refractivity contribution >= 4 is 34.6 Å². The number of hydrogen-bond acceptors (Lipinski definition) is 10. The number of azo groups is 2. The Morgan fingerprint density at radius 1 is 0.630 bits per heavy atom. The maximum Gasteiger partial charge on any atom is 0.403 e. The van der Waals surface area contributed by atoms with Gasteiger partial charge in [-0.05, 0) is 62.2 Å². The molecule has 1 aliphatic rings. The summed E-state index contributed by atoms with van der Waals surface area (Å²) < 4.78 is 19.0. The van der Waals surface area contributed by atoms with Gasteiger partial charge in [0.1, 0.15) is 22.9 Å². The first kappa shape index (κ1) is 35.6. The molecule has 1 saturated heterocycles. The molecular weight excluding hydrogens is 584 g/mol. The number of benzene rings is 2. The average Bonchev–Trinajstić information content (AvgIpc) is 3.68. The van der Waals surface area contributed by atoms with Crippen molar-refractivity contribution in [2.75, 3.05) is 50.2 Å². The summed E-state index contributed by atoms with van der Waals surface area (Å²) in [5.41, 5.74) is 3.53. The number of nitrogens with zero attached hydrogens (tertiary/aromatic N) is 12. The first-order chi connectivity index (χ1) is 21.5. The van der Waals surface area contributed by atoms with Crippen LogP contribution in [0.25, 0.3) is 0 Å². The van der Waals surface area contributed by atoms with E-state index in [0.717, 1.165) is 63.7 Å². The first-order valence-electron chi connectivity index (χ1n) is 15.1. The molecule has 0 atom stereocenters. The van der Waals surface area contributed by atoms with E-state index in [1.165, 1.54) is 0 Å². The molecule has 0 aliphatic carbocycles. The third-order valence-corrected chi connectivity index (χ3v) is 7.75. The van der Waals surface area contributed by atoms with Crippen LogP contribution in [-0.2, 0) is 26.2 Å². The van der Waals surface area contributed by atoms with Gasteiger partial charge in [0.2, 0.25) is 12.7 Å². The van der Waals surface area contributed by atoms with Crippen molar-refractivity contribution in [3.8, 4) is 11.5 Å². The normalized spacial score (nSPS) is 13.3. The Bertz CT molecular complexity index is 1460. The van der Waals surface area contributed by atoms with E-state index in [9.17, 15) is 0 Å². The topological polar surface area (TPSA) is 118 Å². The fraction of sp³-hybridized carbons (Fsp3) is 0.438. The lowest BCUT2D eigenvalue weighted by Crippen LogP contribution is -2.46. The molecule has 4 aromatic rings. The first-order valence-corrected chi connectivity index (χ1v) is 15.1. The van der Waals surface area contributed by atoms with Gasteiger partial charge in [-0.15, -0.1) is 9.36 Å². The van der Waals surface area contributed by atoms with Crippen molar-refractivity contribution in [1.29, 1.82) is 0 Å². The van der Waals surface area contributed by atoms with Crippen LogP contribution in [-0.4, -0.2) is 60.0 Å². The highest BCUT2D eigenvalue weighted by Crippen LogP contribution is 2.35. The molecule has 0 amide bonds. The minimum atomic E-state index is 0. The standard InChI is InChI=1S/C30H42N12O2.2CH3/c1-7-37-21-31-41(9-3)29(37)35-33-25-13-11-23(19-27(25)43-5)39-15-17-40(18-16-39)24-12-14-26(28(20-24)44-6)34-36-30-38(8-2)22-32-42(30)10-4;;/h11-14,19-22H,7-10,15-18H2,1-6H3;2*1H3/q+2;2*-1. The zero-order valence-electron chi connectivity index (χ0n) is 28.5. The third-order valence-electron chi connectivity index (χ3n) is 7.75. The van der Waals surface area contributed by atoms with Crippen LogP contribution in [0.2, 0.25) is 0 Å². The third kappa shape index (κ3) is 7.49. The highest BCUT2D eigenvalue weighted by Gasteiger charge is 2.22. The summed E-state index contributed by atoms with van der Waals surface area (Å²) >= 11 is 0. The van der Waals surface area contributed by atoms with E-state index in [1.54, 1.807) is 26.9 Å². The molecule has 0 spiro atoms. The van der Waals surface area contributed by atoms with Crippen LogP contribution < -0.4 is 28.4 Å². The molecule has 0 radical (unpaired) electrons. The fourth-order valence-corrected chi connectivity index (χ4v) is 5.17. The van der Waals surface area contributed by atoms with Crippen LogP contribution in [0, 0.1) is 14.9 Å². The van der Waals surface area contributed by atoms with Gasteiger partial charge in [0.15, 0.2) is 0 Å². The van der Waals surface area contributed by atoms with Gasteiger partial charge in [-0.2, -0.15) is 0 Å². The summed E-state index contributed by atoms with van der Waals surface area (Å²) in [7, 11) is 3.32. The minimum Gasteiger partial charge on any atom is -0.494 e. The van der Waals surface area contributed by atoms with E-state index in [2.05, 4.69) is 66.4 Å². The molecule has 248 valence electrons. The van der Waals surface area contributed by atoms with E-state index in [4.69, 9.17) is 9.47 Å². The number of ether oxygens (including phenoxy) is 2. The van der Waals surface area contributed by atoms with Crippen molar-refractivity contribution in [3.05, 3.63) is 63.9 Å². The van der Waals surface area contributed by atoms with Crippen molar-refractivity contribution < 1.29 is 18.6 Å². The molecule has 14 nitrogen and oxygen atoms in total. The highest BCUT2D eigenvalue weighted by atomic mass is 16.5. The summed E-state index contributed by atoms with van der Waals surface area (Å²) in [5, 5.41) is 26.7. The second-order valence-electron chi connectivity index (χ2n) is 10.2. The van der Waals surface area contributed by atoms with E-state index >= 15 is 0 Å². The Hall–Kier alpha value is -4.88. The number of aryl methyl sites for hydroxylation is 4. The van der Waals surface area contributed by atoms with Crippen LogP contribution in [0.3, 0.4) is 0 Å². The number of methoxy groups -OCH3 is 2. The van der Waals surface area contributed by atoms with Crippen molar-refractivity contribution in [3.63, 3.8) is 0 Å². The second kappa shape index (κ2) is 16.4. The largest absolute Gasteiger partial charge is 0.494 e. The second-order valence-corrected chi connectivity index (χ2v) is 10.2. The van der Waals surface area contributed by atoms with Gasteiger partial charge in [0.05, 0.1) is 40.4 Å². The highest BCUT2D eigenvalue weighted by molar-refractivity contribution is 5.64. The van der Waals surface area contributed by atoms with Crippen molar-refractivity contribution in [2.45, 2.75) is 53.9 Å². The molecule has 0 N–H and O–H groups in total. The van der Waals surface area contributed by atoms with Gasteiger partial charge in [-0.1, -0.05) is 10.2 Å². The molecule has 1 aliphatic heterocycles. The Balaban J connectivity index is 0.00000288. The quantitative estimate of drug-likeness (QED) is 0.111. The van der Waals surface area contributed by atoms with Gasteiger partial charge in [0.25, 0.3) is 0 Å². The molecule has 3 heterocycles. The predicted molar refractivity (Wildman–Crippen MR) is 179 cm³/mol. The van der Waals surface area contributed by atoms with Crippen LogP contribution in [0.1, 0.15) is 27.7 Å². The SMILES string of the molecule is CCn1nc[n+](CC)c1N=Nc1ccc(N2CCN(c3ccc(N=Nc4n(CC)nc[n+]4CC)c(OC)c3)CC2)cc1OC.[CH3-].[CH3-]. The van der Waals surface area contributed by atoms with Gasteiger partial charge in [0, 0.05) is 59.9 Å². The fourth-order valence-electron chi connectivity index (χ4n) is 5.17. The molecule has 5 rings (SSSR count). The summed E-state index contributed by atoms with van der Waals surface area (Å²) in [4.78, 5) is 4.72. The van der Waals surface area contributed by atoms with Crippen LogP contribution >= 0.6 is 0 Å². The van der Waals surface area contributed by atoms with E-state index in [-0.39, 0.29) is 14.9 Å². The Morgan fingerprint density at radius 2 is 1.02 bits per heavy atom. The van der Waals surface area contributed by atoms with Gasteiger partial charge in [-0.25, -0.2) is 9.13 Å². The van der Waals surface area contributed by atoms with Crippen molar-refractivity contribution in [1.82, 2.24) is 19.6 Å². The van der Waals surface area contributed by atoms with Gasteiger partial charge in [-0.3, -0.25) is 0 Å². The lowest BCUT2D eigenvalue weighted by molar-refractivity contribution is -0.681. The average molecular weight is 633 g/mol. The maximum absolute atomic E-state index is 5.70. The summed E-state index contributed by atoms with van der Waals surface area (Å²) in [6.07, 6.45) is 3.55. The number of piperazine rings is 1. The molecule has 2 aromatic carbocycles. The molecule has 0 bridgehead atoms. The zero-order chi connectivity index (χ0) is 31.1. The molecule has 46 heavy (non-hydrogen) atoms. The predicted octanol–water partition coefficient (Wildman–Crippen LogP) is 5.81. The monoisotopic (exact) mass is 632 g/mol. The Labute approximate surface area is 272 Å². The lowest BCUT2D eigenvalue weighted by Gasteiger charge is -2.37. The van der Waals surface area contributed by atoms with Gasteiger partial charge >= 0.3 is 11.9 Å². The number of anilines is 2. The van der Waals surface area contributed by atoms with E-state index in [1.807, 2.05) is 56.6 Å². The molecule has 0 saturated carbocycles. The number of aromatic nitrogens is 6. The van der Waals surface area contributed by atoms with E-state index < -0.39 is 0 Å². The molecule has 14 heteroatoms. The number of hydrogen-bond donors (Lipinski definition) is 0. The lowest BCUT2D eigenvalue weighted by atomic mass is 10.2. The summed E-state index contributed by atoms with van der Waals surface area (Å²) in [5.74, 6) is 2.78. The van der Waals surface area contributed by atoms with Gasteiger partial charge < -0.3 is 34.1 Å². The van der Waals surface area contributed by atoms with Crippen LogP contribution in [0.4, 0.5) is 34.6 Å². The van der Waals surface area contributed by atoms with E-state index in [0.29, 0.717) is 34.8 Å². The molecule has 0 unspecified atom stereocenters. The maximum atomic E-state index is 5.70. The minimum absolute atomic E-state index is 0. The molecule has 2 aromatic heterocycles. The Morgan fingerprint density at radius 3 is 1.35 bits per heavy atom. The molecule has 1 fully saturated rings. The smallest absolute Gasteiger partial charge is 0.403 e. The summed E-state index contributed by atoms with van der Waals surface area (Å²) in [6, 6.07) is 12.1. The zero-order valence-corrected chi connectivity index (χ0v) is 28.5.